The summed E-state index contributed by atoms with van der Waals surface area (Å²) in [6, 6.07) is 11.3. The highest BCUT2D eigenvalue weighted by atomic mass is 32.2. The predicted molar refractivity (Wildman–Crippen MR) is 132 cm³/mol. The van der Waals surface area contributed by atoms with E-state index in [-0.39, 0.29) is 48.5 Å². The molecule has 0 aliphatic heterocycles. The Morgan fingerprint density at radius 2 is 1.76 bits per heavy atom. The Morgan fingerprint density at radius 3 is 2.41 bits per heavy atom. The van der Waals surface area contributed by atoms with Crippen molar-refractivity contribution in [1.29, 1.82) is 0 Å². The van der Waals surface area contributed by atoms with Gasteiger partial charge >= 0.3 is 6.18 Å². The number of benzene rings is 2. The number of aromatic nitrogens is 2. The molecule has 3 aromatic rings. The molecule has 0 radical (unpaired) electrons. The molecule has 7 nitrogen and oxygen atoms in total. The number of carbonyl (C=O) groups is 1. The van der Waals surface area contributed by atoms with Gasteiger partial charge in [0.25, 0.3) is 5.91 Å². The number of halogens is 3. The Morgan fingerprint density at radius 1 is 1.05 bits per heavy atom. The lowest BCUT2D eigenvalue weighted by Crippen LogP contribution is -2.29. The summed E-state index contributed by atoms with van der Waals surface area (Å²) in [6.45, 7) is 2.08. The number of nitrogens with one attached hydrogen (secondary N) is 1. The van der Waals surface area contributed by atoms with Crippen molar-refractivity contribution in [2.45, 2.75) is 50.2 Å². The van der Waals surface area contributed by atoms with Gasteiger partial charge in [-0.05, 0) is 67.5 Å². The van der Waals surface area contributed by atoms with Crippen LogP contribution in [0.5, 0.6) is 5.88 Å². The molecule has 1 fully saturated rings. The van der Waals surface area contributed by atoms with Gasteiger partial charge in [0.1, 0.15) is 6.33 Å². The zero-order valence-corrected chi connectivity index (χ0v) is 21.1. The van der Waals surface area contributed by atoms with Gasteiger partial charge in [0.15, 0.2) is 9.84 Å². The van der Waals surface area contributed by atoms with Crippen LogP contribution in [-0.4, -0.2) is 42.8 Å². The molecule has 37 heavy (non-hydrogen) atoms. The van der Waals surface area contributed by atoms with Crippen molar-refractivity contribution in [3.8, 4) is 5.88 Å². The van der Waals surface area contributed by atoms with Gasteiger partial charge in [-0.25, -0.2) is 18.4 Å². The first-order valence-corrected chi connectivity index (χ1v) is 13.8. The second kappa shape index (κ2) is 11.0. The molecule has 2 aromatic carbocycles. The first kappa shape index (κ1) is 26.8. The highest BCUT2D eigenvalue weighted by Crippen LogP contribution is 2.39. The number of ether oxygens (including phenoxy) is 1. The number of amides is 1. The second-order valence-corrected chi connectivity index (χ2v) is 11.5. The smallest absolute Gasteiger partial charge is 0.391 e. The average molecular weight is 536 g/mol. The van der Waals surface area contributed by atoms with Crippen LogP contribution < -0.4 is 10.1 Å². The van der Waals surface area contributed by atoms with Crippen LogP contribution in [0.15, 0.2) is 53.7 Å². The van der Waals surface area contributed by atoms with Crippen molar-refractivity contribution in [2.24, 2.45) is 11.8 Å². The zero-order valence-electron chi connectivity index (χ0n) is 20.3. The van der Waals surface area contributed by atoms with Crippen molar-refractivity contribution in [3.05, 3.63) is 59.9 Å². The number of hydrogen-bond acceptors (Lipinski definition) is 6. The molecule has 198 valence electrons. The molecule has 1 aromatic heterocycles. The topological polar surface area (TPSA) is 98.2 Å². The number of sulfone groups is 1. The third-order valence-corrected chi connectivity index (χ3v) is 8.49. The number of fused-ring (bicyclic) bond motifs is 1. The number of rotatable bonds is 8. The first-order chi connectivity index (χ1) is 17.6. The molecule has 1 aliphatic rings. The Bertz CT molecular complexity index is 1350. The third-order valence-electron chi connectivity index (χ3n) is 6.74. The Balaban J connectivity index is 1.35. The summed E-state index contributed by atoms with van der Waals surface area (Å²) in [6.07, 6.45) is -1.68. The Hall–Kier alpha value is -3.21. The Kier molecular flexibility index (Phi) is 8.01. The number of hydrogen-bond donors (Lipinski definition) is 1. The molecule has 1 aliphatic carbocycles. The Labute approximate surface area is 213 Å². The fraction of sp³-hybridized carbons (Fsp3) is 0.423. The molecule has 0 spiro atoms. The minimum Gasteiger partial charge on any atom is -0.477 e. The number of carbonyl (C=O) groups excluding carboxylic acids is 1. The van der Waals surface area contributed by atoms with Crippen LogP contribution >= 0.6 is 0 Å². The molecular formula is C26H28F3N3O4S. The molecule has 1 saturated carbocycles. The standard InChI is InChI=1S/C26H28F3N3O4S/c1-2-37(34,35)21-10-5-17(6-11-21)14-30-24(33)19-7-12-22-23(13-19)31-16-32-25(22)36-15-18-3-8-20(9-4-18)26(27,28)29/h5-7,10-13,16,18,20H,2-4,8-9,14-15H2,1H3,(H,30,33). The lowest BCUT2D eigenvalue weighted by molar-refractivity contribution is -0.184. The molecule has 0 atom stereocenters. The average Bonchev–Trinajstić information content (AvgIpc) is 2.90. The van der Waals surface area contributed by atoms with Crippen molar-refractivity contribution < 1.29 is 31.1 Å². The molecule has 4 rings (SSSR count). The van der Waals surface area contributed by atoms with Crippen molar-refractivity contribution in [3.63, 3.8) is 0 Å². The molecule has 0 saturated heterocycles. The molecule has 0 unspecified atom stereocenters. The van der Waals surface area contributed by atoms with Gasteiger partial charge in [0.2, 0.25) is 5.88 Å². The minimum absolute atomic E-state index is 0.0182. The monoisotopic (exact) mass is 535 g/mol. The maximum absolute atomic E-state index is 12.9. The highest BCUT2D eigenvalue weighted by molar-refractivity contribution is 7.91. The molecular weight excluding hydrogens is 507 g/mol. The fourth-order valence-electron chi connectivity index (χ4n) is 4.41. The van der Waals surface area contributed by atoms with Crippen LogP contribution in [0.2, 0.25) is 0 Å². The van der Waals surface area contributed by atoms with E-state index in [0.717, 1.165) is 5.56 Å². The first-order valence-electron chi connectivity index (χ1n) is 12.1. The summed E-state index contributed by atoms with van der Waals surface area (Å²) in [7, 11) is -3.28. The summed E-state index contributed by atoms with van der Waals surface area (Å²) in [5.41, 5.74) is 1.65. The zero-order chi connectivity index (χ0) is 26.6. The van der Waals surface area contributed by atoms with E-state index in [9.17, 15) is 26.4 Å². The minimum atomic E-state index is -4.14. The van der Waals surface area contributed by atoms with Crippen LogP contribution in [0.3, 0.4) is 0 Å². The van der Waals surface area contributed by atoms with Crippen LogP contribution in [0.4, 0.5) is 13.2 Å². The highest BCUT2D eigenvalue weighted by Gasteiger charge is 2.41. The van der Waals surface area contributed by atoms with Crippen LogP contribution in [0.25, 0.3) is 10.9 Å². The van der Waals surface area contributed by atoms with Gasteiger partial charge < -0.3 is 10.1 Å². The van der Waals surface area contributed by atoms with E-state index in [1.54, 1.807) is 37.3 Å². The van der Waals surface area contributed by atoms with Gasteiger partial charge in [0.05, 0.1) is 34.1 Å². The lowest BCUT2D eigenvalue weighted by Gasteiger charge is -2.29. The maximum atomic E-state index is 12.9. The van der Waals surface area contributed by atoms with Crippen molar-refractivity contribution in [2.75, 3.05) is 12.4 Å². The van der Waals surface area contributed by atoms with Gasteiger partial charge in [-0.3, -0.25) is 4.79 Å². The largest absolute Gasteiger partial charge is 0.477 e. The molecule has 1 heterocycles. The SMILES string of the molecule is CCS(=O)(=O)c1ccc(CNC(=O)c2ccc3c(OCC4CCC(C(F)(F)F)CC4)ncnc3c2)cc1. The van der Waals surface area contributed by atoms with Gasteiger partial charge in [-0.1, -0.05) is 19.1 Å². The van der Waals surface area contributed by atoms with Gasteiger partial charge in [-0.15, -0.1) is 0 Å². The number of alkyl halides is 3. The molecule has 0 bridgehead atoms. The summed E-state index contributed by atoms with van der Waals surface area (Å²) < 4.78 is 68.4. The van der Waals surface area contributed by atoms with Gasteiger partial charge in [-0.2, -0.15) is 13.2 Å². The quantitative estimate of drug-likeness (QED) is 0.431. The summed E-state index contributed by atoms with van der Waals surface area (Å²) in [5, 5.41) is 3.41. The van der Waals surface area contributed by atoms with E-state index in [4.69, 9.17) is 4.74 Å². The van der Waals surface area contributed by atoms with Crippen molar-refractivity contribution >= 4 is 26.6 Å². The van der Waals surface area contributed by atoms with E-state index < -0.39 is 21.9 Å². The maximum Gasteiger partial charge on any atom is 0.391 e. The van der Waals surface area contributed by atoms with Crippen LogP contribution in [-0.2, 0) is 16.4 Å². The predicted octanol–water partition coefficient (Wildman–Crippen LogP) is 5.10. The van der Waals surface area contributed by atoms with Crippen LogP contribution in [0, 0.1) is 11.8 Å². The van der Waals surface area contributed by atoms with E-state index in [1.807, 2.05) is 0 Å². The molecule has 11 heteroatoms. The second-order valence-electron chi connectivity index (χ2n) is 9.21. The van der Waals surface area contributed by atoms with E-state index in [1.165, 1.54) is 18.5 Å². The normalized spacial score (nSPS) is 18.5. The molecule has 1 N–H and O–H groups in total. The summed E-state index contributed by atoms with van der Waals surface area (Å²) in [5.74, 6) is -1.18. The third kappa shape index (κ3) is 6.57. The van der Waals surface area contributed by atoms with Crippen molar-refractivity contribution in [1.82, 2.24) is 15.3 Å². The van der Waals surface area contributed by atoms with E-state index in [2.05, 4.69) is 15.3 Å². The van der Waals surface area contributed by atoms with Crippen LogP contribution in [0.1, 0.15) is 48.5 Å². The van der Waals surface area contributed by atoms with E-state index >= 15 is 0 Å². The summed E-state index contributed by atoms with van der Waals surface area (Å²) >= 11 is 0. The lowest BCUT2D eigenvalue weighted by atomic mass is 9.82. The fourth-order valence-corrected chi connectivity index (χ4v) is 5.29. The molecule has 1 amide bonds. The van der Waals surface area contributed by atoms with Gasteiger partial charge in [0, 0.05) is 12.1 Å². The number of nitrogens with zero attached hydrogens (tertiary/aromatic N) is 2. The van der Waals surface area contributed by atoms with E-state index in [0.29, 0.717) is 35.2 Å². The summed E-state index contributed by atoms with van der Waals surface area (Å²) in [4.78, 5) is 21.3.